The van der Waals surface area contributed by atoms with Crippen molar-refractivity contribution in [3.8, 4) is 0 Å². The Morgan fingerprint density at radius 2 is 1.73 bits per heavy atom. The van der Waals surface area contributed by atoms with Crippen LogP contribution in [0.4, 0.5) is 5.69 Å². The van der Waals surface area contributed by atoms with Gasteiger partial charge in [-0.3, -0.25) is 4.79 Å². The monoisotopic (exact) mass is 326 g/mol. The van der Waals surface area contributed by atoms with Crippen LogP contribution in [-0.4, -0.2) is 31.7 Å². The molecular formula is C16H26N2O3S. The van der Waals surface area contributed by atoms with Gasteiger partial charge in [-0.05, 0) is 31.0 Å². The van der Waals surface area contributed by atoms with Crippen molar-refractivity contribution in [3.63, 3.8) is 0 Å². The van der Waals surface area contributed by atoms with Crippen molar-refractivity contribution < 1.29 is 13.2 Å². The van der Waals surface area contributed by atoms with Crippen molar-refractivity contribution >= 4 is 21.6 Å². The number of carbonyl (C=O) groups is 1. The molecule has 22 heavy (non-hydrogen) atoms. The van der Waals surface area contributed by atoms with Crippen LogP contribution in [0.15, 0.2) is 29.2 Å². The van der Waals surface area contributed by atoms with Gasteiger partial charge in [0, 0.05) is 24.7 Å². The molecule has 1 aromatic rings. The number of nitrogens with one attached hydrogen (secondary N) is 1. The molecule has 0 saturated heterocycles. The van der Waals surface area contributed by atoms with Crippen molar-refractivity contribution in [3.05, 3.63) is 24.3 Å². The van der Waals surface area contributed by atoms with Crippen LogP contribution in [0.5, 0.6) is 0 Å². The molecule has 0 fully saturated rings. The number of hydrogen-bond acceptors (Lipinski definition) is 3. The highest BCUT2D eigenvalue weighted by molar-refractivity contribution is 7.89. The SMILES string of the molecule is CCC(CC)C(=O)Nc1cccc(S(=O)(=O)N(CC)CC)c1. The summed E-state index contributed by atoms with van der Waals surface area (Å²) >= 11 is 0. The molecule has 0 heterocycles. The lowest BCUT2D eigenvalue weighted by atomic mass is 10.0. The fourth-order valence-electron chi connectivity index (χ4n) is 2.35. The van der Waals surface area contributed by atoms with E-state index in [1.807, 2.05) is 13.8 Å². The van der Waals surface area contributed by atoms with Crippen molar-refractivity contribution in [2.75, 3.05) is 18.4 Å². The van der Waals surface area contributed by atoms with Crippen molar-refractivity contribution in [2.24, 2.45) is 5.92 Å². The topological polar surface area (TPSA) is 66.5 Å². The van der Waals surface area contributed by atoms with E-state index < -0.39 is 10.0 Å². The highest BCUT2D eigenvalue weighted by Crippen LogP contribution is 2.20. The zero-order valence-electron chi connectivity index (χ0n) is 13.8. The first-order valence-corrected chi connectivity index (χ1v) is 9.25. The first kappa shape index (κ1) is 18.6. The lowest BCUT2D eigenvalue weighted by Crippen LogP contribution is -2.30. The molecule has 0 aliphatic carbocycles. The lowest BCUT2D eigenvalue weighted by molar-refractivity contribution is -0.120. The third kappa shape index (κ3) is 4.30. The van der Waals surface area contributed by atoms with Gasteiger partial charge in [0.2, 0.25) is 15.9 Å². The second-order valence-corrected chi connectivity index (χ2v) is 7.06. The maximum atomic E-state index is 12.5. The molecule has 0 aliphatic rings. The summed E-state index contributed by atoms with van der Waals surface area (Å²) in [6.45, 7) is 8.38. The second kappa shape index (κ2) is 8.29. The van der Waals surface area contributed by atoms with E-state index in [-0.39, 0.29) is 16.7 Å². The van der Waals surface area contributed by atoms with E-state index in [0.29, 0.717) is 18.8 Å². The largest absolute Gasteiger partial charge is 0.326 e. The highest BCUT2D eigenvalue weighted by Gasteiger charge is 2.22. The maximum absolute atomic E-state index is 12.5. The van der Waals surface area contributed by atoms with Gasteiger partial charge in [-0.15, -0.1) is 0 Å². The summed E-state index contributed by atoms with van der Waals surface area (Å²) in [4.78, 5) is 12.3. The van der Waals surface area contributed by atoms with Gasteiger partial charge in [0.1, 0.15) is 0 Å². The summed E-state index contributed by atoms with van der Waals surface area (Å²) in [7, 11) is -3.51. The van der Waals surface area contributed by atoms with Crippen molar-refractivity contribution in [2.45, 2.75) is 45.4 Å². The molecule has 124 valence electrons. The van der Waals surface area contributed by atoms with E-state index in [4.69, 9.17) is 0 Å². The first-order valence-electron chi connectivity index (χ1n) is 7.81. The Balaban J connectivity index is 3.02. The van der Waals surface area contributed by atoms with Crippen LogP contribution >= 0.6 is 0 Å². The Bertz CT molecular complexity index is 591. The minimum absolute atomic E-state index is 0.0527. The molecule has 0 atom stereocenters. The standard InChI is InChI=1S/C16H26N2O3S/c1-5-13(6-2)16(19)17-14-10-9-11-15(12-14)22(20,21)18(7-3)8-4/h9-13H,5-8H2,1-4H3,(H,17,19). The van der Waals surface area contributed by atoms with Crippen LogP contribution in [0.25, 0.3) is 0 Å². The molecule has 0 aliphatic heterocycles. The Labute approximate surface area is 133 Å². The fourth-order valence-corrected chi connectivity index (χ4v) is 3.86. The number of anilines is 1. The van der Waals surface area contributed by atoms with Crippen LogP contribution in [0.2, 0.25) is 0 Å². The molecule has 5 nitrogen and oxygen atoms in total. The van der Waals surface area contributed by atoms with Crippen LogP contribution in [0.3, 0.4) is 0 Å². The Kier molecular flexibility index (Phi) is 7.03. The van der Waals surface area contributed by atoms with Crippen LogP contribution < -0.4 is 5.32 Å². The van der Waals surface area contributed by atoms with Gasteiger partial charge < -0.3 is 5.32 Å². The normalized spacial score (nSPS) is 11.9. The molecule has 0 radical (unpaired) electrons. The molecule has 0 unspecified atom stereocenters. The minimum Gasteiger partial charge on any atom is -0.326 e. The fraction of sp³-hybridized carbons (Fsp3) is 0.562. The van der Waals surface area contributed by atoms with Gasteiger partial charge in [0.25, 0.3) is 0 Å². The Hall–Kier alpha value is -1.40. The summed E-state index contributed by atoms with van der Waals surface area (Å²) < 4.78 is 26.4. The van der Waals surface area contributed by atoms with Crippen LogP contribution in [-0.2, 0) is 14.8 Å². The average molecular weight is 326 g/mol. The predicted molar refractivity (Wildman–Crippen MR) is 89.3 cm³/mol. The summed E-state index contributed by atoms with van der Waals surface area (Å²) in [6, 6.07) is 6.44. The number of nitrogens with zero attached hydrogens (tertiary/aromatic N) is 1. The van der Waals surface area contributed by atoms with Gasteiger partial charge in [-0.2, -0.15) is 4.31 Å². The zero-order chi connectivity index (χ0) is 16.8. The van der Waals surface area contributed by atoms with E-state index in [0.717, 1.165) is 12.8 Å². The van der Waals surface area contributed by atoms with Crippen molar-refractivity contribution in [1.29, 1.82) is 0 Å². The number of rotatable bonds is 8. The third-order valence-electron chi connectivity index (χ3n) is 3.80. The summed E-state index contributed by atoms with van der Waals surface area (Å²) in [5.74, 6) is -0.120. The van der Waals surface area contributed by atoms with E-state index in [1.54, 1.807) is 32.0 Å². The van der Waals surface area contributed by atoms with Gasteiger partial charge in [-0.25, -0.2) is 8.42 Å². The molecule has 1 N–H and O–H groups in total. The van der Waals surface area contributed by atoms with Crippen molar-refractivity contribution in [1.82, 2.24) is 4.31 Å². The van der Waals surface area contributed by atoms with Gasteiger partial charge in [0.05, 0.1) is 4.90 Å². The van der Waals surface area contributed by atoms with E-state index in [2.05, 4.69) is 5.32 Å². The maximum Gasteiger partial charge on any atom is 0.243 e. The number of amides is 1. The smallest absolute Gasteiger partial charge is 0.243 e. The zero-order valence-corrected chi connectivity index (χ0v) is 14.6. The highest BCUT2D eigenvalue weighted by atomic mass is 32.2. The molecule has 0 bridgehead atoms. The van der Waals surface area contributed by atoms with Crippen LogP contribution in [0.1, 0.15) is 40.5 Å². The molecule has 1 amide bonds. The number of carbonyl (C=O) groups excluding carboxylic acids is 1. The molecule has 6 heteroatoms. The molecule has 1 rings (SSSR count). The summed E-state index contributed by atoms with van der Waals surface area (Å²) in [6.07, 6.45) is 1.53. The lowest BCUT2D eigenvalue weighted by Gasteiger charge is -2.19. The molecule has 1 aromatic carbocycles. The minimum atomic E-state index is -3.51. The third-order valence-corrected chi connectivity index (χ3v) is 5.85. The van der Waals surface area contributed by atoms with E-state index in [9.17, 15) is 13.2 Å². The second-order valence-electron chi connectivity index (χ2n) is 5.12. The molecular weight excluding hydrogens is 300 g/mol. The number of hydrogen-bond donors (Lipinski definition) is 1. The van der Waals surface area contributed by atoms with E-state index >= 15 is 0 Å². The summed E-state index contributed by atoms with van der Waals surface area (Å²) in [5.41, 5.74) is 0.519. The molecule has 0 aromatic heterocycles. The Morgan fingerprint density at radius 3 is 2.23 bits per heavy atom. The van der Waals surface area contributed by atoms with Gasteiger partial charge in [-0.1, -0.05) is 33.8 Å². The summed E-state index contributed by atoms with van der Waals surface area (Å²) in [5, 5.41) is 2.81. The average Bonchev–Trinajstić information content (AvgIpc) is 2.49. The van der Waals surface area contributed by atoms with E-state index in [1.165, 1.54) is 10.4 Å². The molecule has 0 spiro atoms. The first-order chi connectivity index (χ1) is 10.4. The predicted octanol–water partition coefficient (Wildman–Crippen LogP) is 3.09. The van der Waals surface area contributed by atoms with Gasteiger partial charge in [0.15, 0.2) is 0 Å². The number of sulfonamides is 1. The number of benzene rings is 1. The van der Waals surface area contributed by atoms with Crippen LogP contribution in [0, 0.1) is 5.92 Å². The van der Waals surface area contributed by atoms with Gasteiger partial charge >= 0.3 is 0 Å². The Morgan fingerprint density at radius 1 is 1.14 bits per heavy atom. The molecule has 0 saturated carbocycles. The quantitative estimate of drug-likeness (QED) is 0.798.